The fraction of sp³-hybridized carbons (Fsp3) is 0.727. The number of rotatable bonds is 4. The maximum atomic E-state index is 12.4. The third-order valence-electron chi connectivity index (χ3n) is 3.39. The Labute approximate surface area is 102 Å². The van der Waals surface area contributed by atoms with Crippen molar-refractivity contribution in [1.82, 2.24) is 0 Å². The second-order valence-electron chi connectivity index (χ2n) is 4.20. The normalized spacial score (nSPS) is 29.4. The Balaban J connectivity index is 3.00. The molecule has 3 atom stereocenters. The maximum Gasteiger partial charge on any atom is 0.337 e. The summed E-state index contributed by atoms with van der Waals surface area (Å²) in [7, 11) is 0.795. The van der Waals surface area contributed by atoms with Crippen molar-refractivity contribution in [2.24, 2.45) is 11.8 Å². The second-order valence-corrected chi connectivity index (χ2v) is 6.57. The van der Waals surface area contributed by atoms with Crippen LogP contribution >= 0.6 is 7.60 Å². The van der Waals surface area contributed by atoms with Crippen LogP contribution in [0.3, 0.4) is 0 Å². The smallest absolute Gasteiger partial charge is 0.337 e. The highest BCUT2D eigenvalue weighted by molar-refractivity contribution is 7.55. The Hall–Kier alpha value is -0.640. The minimum Gasteiger partial charge on any atom is -0.469 e. The van der Waals surface area contributed by atoms with Crippen molar-refractivity contribution < 1.29 is 23.1 Å². The Kier molecular flexibility index (Phi) is 4.53. The standard InChI is InChI=1S/C11H19O5P/c1-7-6-9(11(12)14-3)8(2)10(7)17(13,15-4)16-5/h8-10H,1,6H2,2-5H3/t8-,9+,10-/m1/s1. The molecule has 1 aliphatic rings. The van der Waals surface area contributed by atoms with Crippen LogP contribution in [-0.2, 0) is 23.1 Å². The van der Waals surface area contributed by atoms with Gasteiger partial charge in [0, 0.05) is 14.2 Å². The molecule has 0 N–H and O–H groups in total. The molecule has 0 unspecified atom stereocenters. The lowest BCUT2D eigenvalue weighted by Crippen LogP contribution is -2.24. The van der Waals surface area contributed by atoms with E-state index in [1.807, 2.05) is 6.92 Å². The maximum absolute atomic E-state index is 12.4. The lowest BCUT2D eigenvalue weighted by atomic mass is 9.98. The van der Waals surface area contributed by atoms with Crippen molar-refractivity contribution in [3.05, 3.63) is 12.2 Å². The number of hydrogen-bond acceptors (Lipinski definition) is 5. The van der Waals surface area contributed by atoms with Crippen molar-refractivity contribution >= 4 is 13.6 Å². The van der Waals surface area contributed by atoms with E-state index in [0.717, 1.165) is 5.57 Å². The number of hydrogen-bond donors (Lipinski definition) is 0. The fourth-order valence-electron chi connectivity index (χ4n) is 2.44. The molecule has 0 aromatic rings. The first kappa shape index (κ1) is 14.4. The van der Waals surface area contributed by atoms with Crippen molar-refractivity contribution in [2.45, 2.75) is 19.0 Å². The van der Waals surface area contributed by atoms with Crippen LogP contribution in [0.25, 0.3) is 0 Å². The van der Waals surface area contributed by atoms with Crippen molar-refractivity contribution in [3.63, 3.8) is 0 Å². The molecule has 0 aromatic carbocycles. The number of ether oxygens (including phenoxy) is 1. The Morgan fingerprint density at radius 3 is 2.29 bits per heavy atom. The van der Waals surface area contributed by atoms with Gasteiger partial charge >= 0.3 is 13.6 Å². The first-order chi connectivity index (χ1) is 7.91. The summed E-state index contributed by atoms with van der Waals surface area (Å²) >= 11 is 0. The molecule has 0 radical (unpaired) electrons. The molecule has 1 fully saturated rings. The first-order valence-electron chi connectivity index (χ1n) is 5.38. The zero-order valence-corrected chi connectivity index (χ0v) is 11.5. The lowest BCUT2D eigenvalue weighted by Gasteiger charge is -2.25. The summed E-state index contributed by atoms with van der Waals surface area (Å²) in [6, 6.07) is 0. The molecule has 0 heterocycles. The number of carbonyl (C=O) groups is 1. The van der Waals surface area contributed by atoms with Gasteiger partial charge in [0.25, 0.3) is 0 Å². The SMILES string of the molecule is C=C1C[C@H](C(=O)OC)[C@@H](C)[C@@H]1P(=O)(OC)OC. The third kappa shape index (κ3) is 2.46. The minimum absolute atomic E-state index is 0.166. The number of methoxy groups -OCH3 is 1. The molecule has 0 aliphatic heterocycles. The van der Waals surface area contributed by atoms with Gasteiger partial charge < -0.3 is 13.8 Å². The molecular weight excluding hydrogens is 243 g/mol. The predicted molar refractivity (Wildman–Crippen MR) is 63.8 cm³/mol. The van der Waals surface area contributed by atoms with Gasteiger partial charge in [-0.15, -0.1) is 0 Å². The molecule has 17 heavy (non-hydrogen) atoms. The summed E-state index contributed by atoms with van der Waals surface area (Å²) in [5.74, 6) is -0.795. The van der Waals surface area contributed by atoms with Crippen LogP contribution in [0.5, 0.6) is 0 Å². The average Bonchev–Trinajstić information content (AvgIpc) is 2.63. The first-order valence-corrected chi connectivity index (χ1v) is 6.99. The molecular formula is C11H19O5P. The van der Waals surface area contributed by atoms with Gasteiger partial charge in [0.1, 0.15) is 0 Å². The van der Waals surface area contributed by atoms with Gasteiger partial charge in [-0.1, -0.05) is 19.1 Å². The summed E-state index contributed by atoms with van der Waals surface area (Å²) in [4.78, 5) is 11.6. The van der Waals surface area contributed by atoms with Gasteiger partial charge in [-0.25, -0.2) is 0 Å². The molecule has 1 saturated carbocycles. The van der Waals surface area contributed by atoms with Crippen LogP contribution in [0, 0.1) is 11.8 Å². The Morgan fingerprint density at radius 1 is 1.35 bits per heavy atom. The van der Waals surface area contributed by atoms with E-state index in [-0.39, 0.29) is 17.8 Å². The summed E-state index contributed by atoms with van der Waals surface area (Å²) in [6.45, 7) is 5.72. The van der Waals surface area contributed by atoms with Crippen LogP contribution < -0.4 is 0 Å². The van der Waals surface area contributed by atoms with Gasteiger partial charge in [0.05, 0.1) is 18.7 Å². The molecule has 5 nitrogen and oxygen atoms in total. The highest BCUT2D eigenvalue weighted by Crippen LogP contribution is 2.61. The van der Waals surface area contributed by atoms with Crippen molar-refractivity contribution in [2.75, 3.05) is 21.3 Å². The molecule has 0 bridgehead atoms. The van der Waals surface area contributed by atoms with E-state index in [4.69, 9.17) is 13.8 Å². The van der Waals surface area contributed by atoms with Crippen LogP contribution in [0.2, 0.25) is 0 Å². The number of allylic oxidation sites excluding steroid dienone is 1. The predicted octanol–water partition coefficient (Wildman–Crippen LogP) is 2.23. The molecule has 0 spiro atoms. The van der Waals surface area contributed by atoms with Crippen LogP contribution in [0.1, 0.15) is 13.3 Å². The van der Waals surface area contributed by atoms with Crippen LogP contribution in [-0.4, -0.2) is 33.0 Å². The summed E-state index contributed by atoms with van der Waals surface area (Å²) in [5.41, 5.74) is 0.279. The molecule has 0 aromatic heterocycles. The molecule has 0 amide bonds. The summed E-state index contributed by atoms with van der Waals surface area (Å²) in [6.07, 6.45) is 0.467. The monoisotopic (exact) mass is 262 g/mol. The highest BCUT2D eigenvalue weighted by atomic mass is 31.2. The Morgan fingerprint density at radius 2 is 1.88 bits per heavy atom. The zero-order chi connectivity index (χ0) is 13.2. The summed E-state index contributed by atoms with van der Waals surface area (Å²) < 4.78 is 27.1. The van der Waals surface area contributed by atoms with Gasteiger partial charge in [-0.2, -0.15) is 0 Å². The number of carbonyl (C=O) groups excluding carboxylic acids is 1. The van der Waals surface area contributed by atoms with Gasteiger partial charge in [0.15, 0.2) is 0 Å². The molecule has 1 aliphatic carbocycles. The summed E-state index contributed by atoms with van der Waals surface area (Å²) in [5, 5.41) is 0. The second kappa shape index (κ2) is 5.34. The Bertz CT molecular complexity index is 357. The highest BCUT2D eigenvalue weighted by Gasteiger charge is 2.50. The third-order valence-corrected chi connectivity index (χ3v) is 5.92. The van der Waals surface area contributed by atoms with Gasteiger partial charge in [0.2, 0.25) is 0 Å². The number of esters is 1. The molecule has 1 rings (SSSR count). The van der Waals surface area contributed by atoms with E-state index in [1.54, 1.807) is 0 Å². The largest absolute Gasteiger partial charge is 0.469 e. The van der Waals surface area contributed by atoms with E-state index in [1.165, 1.54) is 21.3 Å². The molecule has 98 valence electrons. The quantitative estimate of drug-likeness (QED) is 0.441. The molecule has 6 heteroatoms. The van der Waals surface area contributed by atoms with E-state index in [0.29, 0.717) is 6.42 Å². The van der Waals surface area contributed by atoms with E-state index >= 15 is 0 Å². The van der Waals surface area contributed by atoms with E-state index in [2.05, 4.69) is 6.58 Å². The van der Waals surface area contributed by atoms with E-state index in [9.17, 15) is 9.36 Å². The van der Waals surface area contributed by atoms with Crippen molar-refractivity contribution in [3.8, 4) is 0 Å². The van der Waals surface area contributed by atoms with Crippen molar-refractivity contribution in [1.29, 1.82) is 0 Å². The van der Waals surface area contributed by atoms with E-state index < -0.39 is 13.3 Å². The molecule has 0 saturated heterocycles. The van der Waals surface area contributed by atoms with Crippen LogP contribution in [0.15, 0.2) is 12.2 Å². The lowest BCUT2D eigenvalue weighted by molar-refractivity contribution is -0.146. The van der Waals surface area contributed by atoms with Gasteiger partial charge in [-0.3, -0.25) is 9.36 Å². The fourth-order valence-corrected chi connectivity index (χ4v) is 4.38. The van der Waals surface area contributed by atoms with Crippen LogP contribution in [0.4, 0.5) is 0 Å². The topological polar surface area (TPSA) is 61.8 Å². The zero-order valence-electron chi connectivity index (χ0n) is 10.6. The van der Waals surface area contributed by atoms with Gasteiger partial charge in [-0.05, 0) is 12.3 Å². The minimum atomic E-state index is -3.24. The average molecular weight is 262 g/mol.